The van der Waals surface area contributed by atoms with Crippen LogP contribution in [0.25, 0.3) is 33.4 Å². The Morgan fingerprint density at radius 2 is 1.63 bits per heavy atom. The van der Waals surface area contributed by atoms with E-state index < -0.39 is 22.1 Å². The van der Waals surface area contributed by atoms with E-state index in [1.165, 1.54) is 32.3 Å². The number of nitrogens with one attached hydrogen (secondary N) is 1. The van der Waals surface area contributed by atoms with Crippen LogP contribution in [-0.2, 0) is 10.2 Å². The van der Waals surface area contributed by atoms with Crippen LogP contribution in [0, 0.1) is 0 Å². The van der Waals surface area contributed by atoms with E-state index in [1.54, 1.807) is 0 Å². The Morgan fingerprint density at radius 3 is 2.24 bits per heavy atom. The standard InChI is InChI=1S/C27H28N4O6S/c1-29(2)17-8-11-20-23(14-17)37-24-15-18(30(3)4)9-12-21(24)25(20)22-13-16(27(33)34)7-10-19(22)26(32)28-38(35,36)31(5)6/h7-15H,1-6H3,(H-,28,32,33,34)/p+1. The zero-order valence-electron chi connectivity index (χ0n) is 21.9. The highest BCUT2D eigenvalue weighted by Crippen LogP contribution is 2.42. The summed E-state index contributed by atoms with van der Waals surface area (Å²) in [6, 6.07) is 15.2. The summed E-state index contributed by atoms with van der Waals surface area (Å²) in [5.41, 5.74) is 2.79. The van der Waals surface area contributed by atoms with E-state index in [0.717, 1.165) is 15.3 Å². The summed E-state index contributed by atoms with van der Waals surface area (Å²) in [5.74, 6) is -1.55. The highest BCUT2D eigenvalue weighted by Gasteiger charge is 2.26. The lowest BCUT2D eigenvalue weighted by atomic mass is 9.89. The molecule has 0 unspecified atom stereocenters. The number of amides is 1. The number of aromatic carboxylic acids is 1. The molecule has 0 atom stereocenters. The molecule has 2 aromatic carbocycles. The molecule has 1 amide bonds. The average Bonchev–Trinajstić information content (AvgIpc) is 2.85. The Morgan fingerprint density at radius 1 is 0.921 bits per heavy atom. The Labute approximate surface area is 220 Å². The molecule has 1 aliphatic carbocycles. The smallest absolute Gasteiger partial charge is 0.335 e. The van der Waals surface area contributed by atoms with E-state index in [0.29, 0.717) is 27.9 Å². The van der Waals surface area contributed by atoms with Gasteiger partial charge >= 0.3 is 16.2 Å². The highest BCUT2D eigenvalue weighted by molar-refractivity contribution is 7.87. The number of rotatable bonds is 6. The number of carbonyl (C=O) groups excluding carboxylic acids is 1. The number of nitrogens with zero attached hydrogens (tertiary/aromatic N) is 3. The normalized spacial score (nSPS) is 11.7. The Balaban J connectivity index is 2.13. The number of carboxylic acid groups (broad SMARTS) is 1. The number of hydrogen-bond donors (Lipinski definition) is 2. The average molecular weight is 538 g/mol. The molecule has 2 N–H and O–H groups in total. The van der Waals surface area contributed by atoms with E-state index in [4.69, 9.17) is 4.42 Å². The van der Waals surface area contributed by atoms with Crippen LogP contribution in [-0.4, -0.2) is 72.0 Å². The van der Waals surface area contributed by atoms with Gasteiger partial charge in [-0.25, -0.2) is 14.1 Å². The van der Waals surface area contributed by atoms with Crippen LogP contribution < -0.4 is 19.6 Å². The second-order valence-corrected chi connectivity index (χ2v) is 11.3. The molecule has 10 nitrogen and oxygen atoms in total. The van der Waals surface area contributed by atoms with Crippen LogP contribution in [0.15, 0.2) is 59.0 Å². The first kappa shape index (κ1) is 26.8. The summed E-state index contributed by atoms with van der Waals surface area (Å²) in [6.45, 7) is 0. The topological polar surface area (TPSA) is 123 Å². The number of carboxylic acids is 1. The van der Waals surface area contributed by atoms with Crippen molar-refractivity contribution in [3.63, 3.8) is 0 Å². The molecular formula is C27H29N4O6S+. The molecule has 1 aliphatic heterocycles. The van der Waals surface area contributed by atoms with Crippen molar-refractivity contribution in [3.05, 3.63) is 71.1 Å². The highest BCUT2D eigenvalue weighted by atomic mass is 32.2. The zero-order valence-corrected chi connectivity index (χ0v) is 22.8. The van der Waals surface area contributed by atoms with Crippen molar-refractivity contribution in [1.82, 2.24) is 13.6 Å². The van der Waals surface area contributed by atoms with Gasteiger partial charge in [0.05, 0.1) is 11.6 Å². The van der Waals surface area contributed by atoms with Gasteiger partial charge in [0, 0.05) is 68.1 Å². The van der Waals surface area contributed by atoms with Crippen molar-refractivity contribution in [2.24, 2.45) is 0 Å². The van der Waals surface area contributed by atoms with Crippen molar-refractivity contribution >= 4 is 38.7 Å². The van der Waals surface area contributed by atoms with Gasteiger partial charge in [0.1, 0.15) is 25.4 Å². The summed E-state index contributed by atoms with van der Waals surface area (Å²) >= 11 is 0. The van der Waals surface area contributed by atoms with Gasteiger partial charge in [-0.3, -0.25) is 4.79 Å². The Kier molecular flexibility index (Phi) is 7.00. The maximum absolute atomic E-state index is 13.3. The first-order valence-corrected chi connectivity index (χ1v) is 13.0. The summed E-state index contributed by atoms with van der Waals surface area (Å²) in [6.07, 6.45) is 0. The minimum absolute atomic E-state index is 0.00240. The summed E-state index contributed by atoms with van der Waals surface area (Å²) in [5, 5.41) is 11.2. The minimum atomic E-state index is -4.10. The fourth-order valence-electron chi connectivity index (χ4n) is 4.06. The zero-order chi connectivity index (χ0) is 27.9. The van der Waals surface area contributed by atoms with Crippen molar-refractivity contribution < 1.29 is 27.5 Å². The van der Waals surface area contributed by atoms with Gasteiger partial charge in [0.25, 0.3) is 5.91 Å². The summed E-state index contributed by atoms with van der Waals surface area (Å²) in [4.78, 5) is 27.1. The van der Waals surface area contributed by atoms with Gasteiger partial charge in [0.15, 0.2) is 0 Å². The second-order valence-electron chi connectivity index (χ2n) is 9.41. The monoisotopic (exact) mass is 537 g/mol. The summed E-state index contributed by atoms with van der Waals surface area (Å²) < 4.78 is 36.0. The van der Waals surface area contributed by atoms with Gasteiger partial charge in [0.2, 0.25) is 5.36 Å². The molecular weight excluding hydrogens is 508 g/mol. The Hall–Kier alpha value is -4.22. The van der Waals surface area contributed by atoms with Crippen molar-refractivity contribution in [1.29, 1.82) is 0 Å². The van der Waals surface area contributed by atoms with E-state index in [1.807, 2.05) is 74.1 Å². The molecule has 2 aliphatic rings. The number of hydrogen-bond acceptors (Lipinski definition) is 6. The predicted octanol–water partition coefficient (Wildman–Crippen LogP) is 2.54. The lowest BCUT2D eigenvalue weighted by molar-refractivity contribution is 0.0696. The maximum Gasteiger partial charge on any atom is 0.335 e. The lowest BCUT2D eigenvalue weighted by Gasteiger charge is -2.20. The largest absolute Gasteiger partial charge is 0.478 e. The van der Waals surface area contributed by atoms with Crippen molar-refractivity contribution in [2.45, 2.75) is 0 Å². The molecule has 0 saturated heterocycles. The molecule has 0 aromatic heterocycles. The van der Waals surface area contributed by atoms with Gasteiger partial charge in [-0.05, 0) is 42.0 Å². The number of carbonyl (C=O) groups is 2. The van der Waals surface area contributed by atoms with Crippen molar-refractivity contribution in [2.75, 3.05) is 47.2 Å². The third-order valence-electron chi connectivity index (χ3n) is 6.20. The van der Waals surface area contributed by atoms with E-state index >= 15 is 0 Å². The third-order valence-corrected chi connectivity index (χ3v) is 7.61. The molecule has 11 heteroatoms. The van der Waals surface area contributed by atoms with Gasteiger partial charge < -0.3 is 14.4 Å². The molecule has 38 heavy (non-hydrogen) atoms. The van der Waals surface area contributed by atoms with Gasteiger partial charge in [-0.15, -0.1) is 0 Å². The first-order chi connectivity index (χ1) is 17.8. The fraction of sp³-hybridized carbons (Fsp3) is 0.222. The molecule has 2 aromatic rings. The lowest BCUT2D eigenvalue weighted by Crippen LogP contribution is -2.39. The number of anilines is 1. The molecule has 0 radical (unpaired) electrons. The van der Waals surface area contributed by atoms with Gasteiger partial charge in [-0.1, -0.05) is 0 Å². The fourth-order valence-corrected chi connectivity index (χ4v) is 4.59. The Bertz CT molecular complexity index is 1730. The predicted molar refractivity (Wildman–Crippen MR) is 147 cm³/mol. The molecule has 0 fully saturated rings. The number of fused-ring (bicyclic) bond motifs is 2. The molecule has 0 spiro atoms. The van der Waals surface area contributed by atoms with Crippen molar-refractivity contribution in [3.8, 4) is 22.5 Å². The second kappa shape index (κ2) is 9.92. The van der Waals surface area contributed by atoms with E-state index in [9.17, 15) is 23.1 Å². The molecule has 0 bridgehead atoms. The van der Waals surface area contributed by atoms with Crippen LogP contribution in [0.3, 0.4) is 0 Å². The van der Waals surface area contributed by atoms with Crippen LogP contribution in [0.5, 0.6) is 0 Å². The maximum atomic E-state index is 13.3. The molecule has 4 rings (SSSR count). The minimum Gasteiger partial charge on any atom is -0.478 e. The van der Waals surface area contributed by atoms with Crippen LogP contribution in [0.4, 0.5) is 5.69 Å². The summed E-state index contributed by atoms with van der Waals surface area (Å²) in [7, 11) is 6.10. The molecule has 198 valence electrons. The van der Waals surface area contributed by atoms with Crippen LogP contribution in [0.2, 0.25) is 0 Å². The first-order valence-electron chi connectivity index (χ1n) is 11.6. The SMILES string of the molecule is CN(C)c1ccc2c(-c3cc(C(=O)O)ccc3C(=O)NS(=O)(=O)N(C)C)c3ccc(=[N+](C)C)cc-3oc2c1. The number of benzene rings is 3. The molecule has 1 heterocycles. The third kappa shape index (κ3) is 4.98. The van der Waals surface area contributed by atoms with Gasteiger partial charge in [-0.2, -0.15) is 12.7 Å². The van der Waals surface area contributed by atoms with E-state index in [2.05, 4.69) is 4.72 Å². The van der Waals surface area contributed by atoms with E-state index in [-0.39, 0.29) is 16.7 Å². The quantitative estimate of drug-likeness (QED) is 0.286. The van der Waals surface area contributed by atoms with Crippen LogP contribution >= 0.6 is 0 Å². The van der Waals surface area contributed by atoms with Crippen LogP contribution in [0.1, 0.15) is 20.7 Å². The molecule has 0 saturated carbocycles.